The molecule has 0 aliphatic carbocycles. The van der Waals surface area contributed by atoms with Crippen LogP contribution in [0.3, 0.4) is 0 Å². The van der Waals surface area contributed by atoms with E-state index in [1.807, 2.05) is 25.1 Å². The lowest BCUT2D eigenvalue weighted by molar-refractivity contribution is -0.121. The highest BCUT2D eigenvalue weighted by molar-refractivity contribution is 6.30. The quantitative estimate of drug-likeness (QED) is 0.774. The van der Waals surface area contributed by atoms with Crippen molar-refractivity contribution < 1.29 is 9.90 Å². The van der Waals surface area contributed by atoms with Gasteiger partial charge in [0.1, 0.15) is 5.82 Å². The fourth-order valence-electron chi connectivity index (χ4n) is 2.89. The smallest absolute Gasteiger partial charge is 0.245 e. The first-order valence-electron chi connectivity index (χ1n) is 8.03. The number of carbonyl (C=O) groups excluding carboxylic acids is 1. The topological polar surface area (TPSA) is 79.2 Å². The molecule has 0 spiro atoms. The van der Waals surface area contributed by atoms with E-state index in [0.717, 1.165) is 30.6 Å². The van der Waals surface area contributed by atoms with Crippen molar-refractivity contribution in [2.24, 2.45) is 0 Å². The van der Waals surface area contributed by atoms with Crippen LogP contribution < -0.4 is 10.6 Å². The zero-order chi connectivity index (χ0) is 17.2. The van der Waals surface area contributed by atoms with Crippen molar-refractivity contribution in [3.63, 3.8) is 0 Å². The van der Waals surface area contributed by atoms with E-state index in [0.29, 0.717) is 17.4 Å². The molecule has 1 aliphatic rings. The third kappa shape index (κ3) is 3.45. The molecule has 1 unspecified atom stereocenters. The van der Waals surface area contributed by atoms with Gasteiger partial charge in [0, 0.05) is 16.7 Å². The Morgan fingerprint density at radius 1 is 1.46 bits per heavy atom. The Hall–Kier alpha value is -1.89. The van der Waals surface area contributed by atoms with E-state index < -0.39 is 5.54 Å². The van der Waals surface area contributed by atoms with Gasteiger partial charge in [0.05, 0.1) is 24.4 Å². The highest BCUT2D eigenvalue weighted by atomic mass is 35.5. The van der Waals surface area contributed by atoms with Gasteiger partial charge in [0.15, 0.2) is 0 Å². The number of aliphatic hydroxyl groups is 1. The molecule has 1 fully saturated rings. The molecular formula is C17H21ClN4O2. The molecule has 1 atom stereocenters. The number of anilines is 1. The first kappa shape index (κ1) is 17.0. The van der Waals surface area contributed by atoms with Gasteiger partial charge in [-0.15, -0.1) is 0 Å². The Morgan fingerprint density at radius 3 is 2.83 bits per heavy atom. The molecular weight excluding hydrogens is 328 g/mol. The number of aliphatic hydroxyl groups excluding tert-OH is 1. The van der Waals surface area contributed by atoms with Crippen LogP contribution in [0.2, 0.25) is 5.02 Å². The number of nitrogens with zero attached hydrogens (tertiary/aromatic N) is 2. The second kappa shape index (κ2) is 6.93. The molecule has 0 radical (unpaired) electrons. The maximum Gasteiger partial charge on any atom is 0.245 e. The summed E-state index contributed by atoms with van der Waals surface area (Å²) in [5.41, 5.74) is 1.06. The summed E-state index contributed by atoms with van der Waals surface area (Å²) in [7, 11) is 0. The molecule has 24 heavy (non-hydrogen) atoms. The van der Waals surface area contributed by atoms with Gasteiger partial charge in [-0.25, -0.2) is 4.68 Å². The molecule has 1 aromatic heterocycles. The average molecular weight is 349 g/mol. The van der Waals surface area contributed by atoms with Crippen LogP contribution in [-0.4, -0.2) is 39.5 Å². The zero-order valence-corrected chi connectivity index (χ0v) is 14.3. The fraction of sp³-hybridized carbons (Fsp3) is 0.412. The van der Waals surface area contributed by atoms with E-state index >= 15 is 0 Å². The van der Waals surface area contributed by atoms with Crippen molar-refractivity contribution >= 4 is 23.3 Å². The van der Waals surface area contributed by atoms with Crippen LogP contribution in [0, 0.1) is 0 Å². The summed E-state index contributed by atoms with van der Waals surface area (Å²) in [6.45, 7) is 3.01. The number of amides is 1. The van der Waals surface area contributed by atoms with Crippen LogP contribution in [0.15, 0.2) is 30.3 Å². The summed E-state index contributed by atoms with van der Waals surface area (Å²) >= 11 is 5.92. The molecule has 0 saturated carbocycles. The molecule has 1 amide bonds. The van der Waals surface area contributed by atoms with Gasteiger partial charge in [0.25, 0.3) is 0 Å². The summed E-state index contributed by atoms with van der Waals surface area (Å²) < 4.78 is 1.61. The van der Waals surface area contributed by atoms with Gasteiger partial charge in [-0.05, 0) is 38.4 Å². The standard InChI is InChI=1S/C17H21ClN4O2/c1-17(7-2-8-19-17)16(24)20-15-11-14(21-22(15)9-10-23)12-3-5-13(18)6-4-12/h3-6,11,19,23H,2,7-10H2,1H3,(H,20,24). The van der Waals surface area contributed by atoms with Crippen LogP contribution in [-0.2, 0) is 11.3 Å². The van der Waals surface area contributed by atoms with Crippen LogP contribution >= 0.6 is 11.6 Å². The molecule has 1 saturated heterocycles. The minimum Gasteiger partial charge on any atom is -0.394 e. The van der Waals surface area contributed by atoms with Crippen LogP contribution in [0.4, 0.5) is 5.82 Å². The SMILES string of the molecule is CC1(C(=O)Nc2cc(-c3ccc(Cl)cc3)nn2CCO)CCCN1. The molecule has 7 heteroatoms. The van der Waals surface area contributed by atoms with Gasteiger partial charge >= 0.3 is 0 Å². The molecule has 3 rings (SSSR count). The van der Waals surface area contributed by atoms with Crippen molar-refractivity contribution in [3.05, 3.63) is 35.4 Å². The number of nitrogens with one attached hydrogen (secondary N) is 2. The molecule has 2 aromatic rings. The molecule has 128 valence electrons. The first-order chi connectivity index (χ1) is 11.5. The summed E-state index contributed by atoms with van der Waals surface area (Å²) in [5.74, 6) is 0.496. The van der Waals surface area contributed by atoms with Crippen LogP contribution in [0.25, 0.3) is 11.3 Å². The Kier molecular flexibility index (Phi) is 4.89. The largest absolute Gasteiger partial charge is 0.394 e. The lowest BCUT2D eigenvalue weighted by Gasteiger charge is -2.23. The van der Waals surface area contributed by atoms with Crippen molar-refractivity contribution in [1.29, 1.82) is 0 Å². The Balaban J connectivity index is 1.86. The van der Waals surface area contributed by atoms with Gasteiger partial charge in [-0.1, -0.05) is 23.7 Å². The summed E-state index contributed by atoms with van der Waals surface area (Å²) in [4.78, 5) is 12.6. The third-order valence-electron chi connectivity index (χ3n) is 4.34. The van der Waals surface area contributed by atoms with E-state index in [-0.39, 0.29) is 12.5 Å². The second-order valence-electron chi connectivity index (χ2n) is 6.19. The van der Waals surface area contributed by atoms with Gasteiger partial charge < -0.3 is 15.7 Å². The predicted octanol–water partition coefficient (Wildman–Crippen LogP) is 2.28. The first-order valence-corrected chi connectivity index (χ1v) is 8.41. The number of carbonyl (C=O) groups is 1. The monoisotopic (exact) mass is 348 g/mol. The van der Waals surface area contributed by atoms with Crippen molar-refractivity contribution in [2.45, 2.75) is 31.8 Å². The summed E-state index contributed by atoms with van der Waals surface area (Å²) in [6, 6.07) is 9.15. The van der Waals surface area contributed by atoms with Gasteiger partial charge in [0.2, 0.25) is 5.91 Å². The van der Waals surface area contributed by atoms with Gasteiger partial charge in [-0.3, -0.25) is 4.79 Å². The van der Waals surface area contributed by atoms with E-state index in [1.54, 1.807) is 16.8 Å². The Labute approximate surface area is 145 Å². The van der Waals surface area contributed by atoms with E-state index in [2.05, 4.69) is 15.7 Å². The van der Waals surface area contributed by atoms with Crippen molar-refractivity contribution in [1.82, 2.24) is 15.1 Å². The highest BCUT2D eigenvalue weighted by Crippen LogP contribution is 2.25. The number of halogens is 1. The van der Waals surface area contributed by atoms with Crippen molar-refractivity contribution in [2.75, 3.05) is 18.5 Å². The van der Waals surface area contributed by atoms with E-state index in [1.165, 1.54) is 0 Å². The highest BCUT2D eigenvalue weighted by Gasteiger charge is 2.36. The number of aromatic nitrogens is 2. The number of benzene rings is 1. The number of hydrogen-bond donors (Lipinski definition) is 3. The molecule has 2 heterocycles. The van der Waals surface area contributed by atoms with Gasteiger partial charge in [-0.2, -0.15) is 5.10 Å². The summed E-state index contributed by atoms with van der Waals surface area (Å²) in [5, 5.41) is 20.6. The lowest BCUT2D eigenvalue weighted by Crippen LogP contribution is -2.48. The Bertz CT molecular complexity index is 721. The molecule has 1 aliphatic heterocycles. The van der Waals surface area contributed by atoms with Crippen LogP contribution in [0.5, 0.6) is 0 Å². The third-order valence-corrected chi connectivity index (χ3v) is 4.60. The van der Waals surface area contributed by atoms with E-state index in [4.69, 9.17) is 11.6 Å². The lowest BCUT2D eigenvalue weighted by atomic mass is 9.99. The molecule has 6 nitrogen and oxygen atoms in total. The minimum absolute atomic E-state index is 0.0554. The minimum atomic E-state index is -0.561. The average Bonchev–Trinajstić information content (AvgIpc) is 3.17. The maximum absolute atomic E-state index is 12.6. The number of hydrogen-bond acceptors (Lipinski definition) is 4. The maximum atomic E-state index is 12.6. The Morgan fingerprint density at radius 2 is 2.21 bits per heavy atom. The van der Waals surface area contributed by atoms with E-state index in [9.17, 15) is 9.90 Å². The van der Waals surface area contributed by atoms with Crippen molar-refractivity contribution in [3.8, 4) is 11.3 Å². The van der Waals surface area contributed by atoms with Crippen LogP contribution in [0.1, 0.15) is 19.8 Å². The molecule has 1 aromatic carbocycles. The predicted molar refractivity (Wildman–Crippen MR) is 94.0 cm³/mol. The normalized spacial score (nSPS) is 20.3. The molecule has 0 bridgehead atoms. The zero-order valence-electron chi connectivity index (χ0n) is 13.6. The molecule has 3 N–H and O–H groups in total. The fourth-order valence-corrected chi connectivity index (χ4v) is 3.01. The number of rotatable bonds is 5. The second-order valence-corrected chi connectivity index (χ2v) is 6.62. The summed E-state index contributed by atoms with van der Waals surface area (Å²) in [6.07, 6.45) is 1.78.